The van der Waals surface area contributed by atoms with E-state index in [-0.39, 0.29) is 11.1 Å². The number of para-hydroxylation sites is 1. The van der Waals surface area contributed by atoms with E-state index in [1.165, 1.54) is 5.69 Å². The van der Waals surface area contributed by atoms with Gasteiger partial charge in [0, 0.05) is 31.9 Å². The zero-order chi connectivity index (χ0) is 13.9. The van der Waals surface area contributed by atoms with Gasteiger partial charge in [-0.1, -0.05) is 18.2 Å². The van der Waals surface area contributed by atoms with E-state index in [0.717, 1.165) is 13.1 Å². The summed E-state index contributed by atoms with van der Waals surface area (Å²) in [4.78, 5) is 16.3. The van der Waals surface area contributed by atoms with Gasteiger partial charge in [0.15, 0.2) is 11.0 Å². The number of nitrogens with zero attached hydrogens (tertiary/aromatic N) is 2. The highest BCUT2D eigenvalue weighted by Gasteiger charge is 2.24. The zero-order valence-electron chi connectivity index (χ0n) is 11.0. The highest BCUT2D eigenvalue weighted by atomic mass is 35.5. The van der Waals surface area contributed by atoms with Crippen LogP contribution in [0, 0.1) is 0 Å². The molecule has 1 aromatic heterocycles. The first-order valence-corrected chi connectivity index (χ1v) is 6.96. The molecule has 3 rings (SSSR count). The quantitative estimate of drug-likeness (QED) is 0.853. The number of amides is 1. The standard InChI is InChI=1S/C15H15ClN2O2/c16-14-7-6-13(20-14)15(19)18-10-8-17(9-11-18)12-4-2-1-3-5-12/h1-7H,8-11H2. The molecule has 1 amide bonds. The third-order valence-electron chi connectivity index (χ3n) is 3.47. The first-order chi connectivity index (χ1) is 9.74. The average molecular weight is 291 g/mol. The lowest BCUT2D eigenvalue weighted by atomic mass is 10.2. The zero-order valence-corrected chi connectivity index (χ0v) is 11.7. The molecule has 1 aliphatic heterocycles. The van der Waals surface area contributed by atoms with Gasteiger partial charge in [-0.2, -0.15) is 0 Å². The van der Waals surface area contributed by atoms with Crippen LogP contribution in [-0.4, -0.2) is 37.0 Å². The van der Waals surface area contributed by atoms with Gasteiger partial charge in [0.05, 0.1) is 0 Å². The van der Waals surface area contributed by atoms with E-state index in [0.29, 0.717) is 18.8 Å². The molecule has 2 heterocycles. The fourth-order valence-corrected chi connectivity index (χ4v) is 2.54. The van der Waals surface area contributed by atoms with Crippen molar-refractivity contribution in [2.45, 2.75) is 0 Å². The minimum Gasteiger partial charge on any atom is -0.440 e. The molecule has 0 radical (unpaired) electrons. The van der Waals surface area contributed by atoms with Crippen LogP contribution in [0.25, 0.3) is 0 Å². The molecule has 1 aromatic carbocycles. The minimum atomic E-state index is -0.0930. The molecule has 0 atom stereocenters. The van der Waals surface area contributed by atoms with Gasteiger partial charge >= 0.3 is 0 Å². The third-order valence-corrected chi connectivity index (χ3v) is 3.68. The molecule has 0 saturated carbocycles. The van der Waals surface area contributed by atoms with Crippen molar-refractivity contribution >= 4 is 23.2 Å². The Morgan fingerprint density at radius 3 is 2.30 bits per heavy atom. The number of hydrogen-bond donors (Lipinski definition) is 0. The van der Waals surface area contributed by atoms with Crippen molar-refractivity contribution in [3.63, 3.8) is 0 Å². The van der Waals surface area contributed by atoms with Crippen LogP contribution in [0.15, 0.2) is 46.9 Å². The van der Waals surface area contributed by atoms with Gasteiger partial charge < -0.3 is 14.2 Å². The highest BCUT2D eigenvalue weighted by molar-refractivity contribution is 6.29. The Balaban J connectivity index is 1.63. The van der Waals surface area contributed by atoms with E-state index >= 15 is 0 Å². The van der Waals surface area contributed by atoms with Gasteiger partial charge in [-0.3, -0.25) is 4.79 Å². The predicted octanol–water partition coefficient (Wildman–Crippen LogP) is 2.90. The summed E-state index contributed by atoms with van der Waals surface area (Å²) in [5.74, 6) is 0.216. The monoisotopic (exact) mass is 290 g/mol. The number of halogens is 1. The first kappa shape index (κ1) is 13.1. The number of furan rings is 1. The van der Waals surface area contributed by atoms with Crippen LogP contribution in [0.3, 0.4) is 0 Å². The number of hydrogen-bond acceptors (Lipinski definition) is 3. The van der Waals surface area contributed by atoms with Crippen LogP contribution >= 0.6 is 11.6 Å². The van der Waals surface area contributed by atoms with Crippen molar-refractivity contribution in [2.75, 3.05) is 31.1 Å². The molecule has 0 N–H and O–H groups in total. The maximum atomic E-state index is 12.2. The lowest BCUT2D eigenvalue weighted by Crippen LogP contribution is -2.48. The lowest BCUT2D eigenvalue weighted by molar-refractivity contribution is 0.0715. The second-order valence-electron chi connectivity index (χ2n) is 4.72. The fourth-order valence-electron chi connectivity index (χ4n) is 2.39. The summed E-state index contributed by atoms with van der Waals surface area (Å²) in [6.45, 7) is 3.02. The largest absolute Gasteiger partial charge is 0.440 e. The Bertz CT molecular complexity index is 589. The number of piperazine rings is 1. The van der Waals surface area contributed by atoms with Crippen molar-refractivity contribution in [3.8, 4) is 0 Å². The average Bonchev–Trinajstić information content (AvgIpc) is 2.94. The van der Waals surface area contributed by atoms with Crippen molar-refractivity contribution in [1.82, 2.24) is 4.90 Å². The lowest BCUT2D eigenvalue weighted by Gasteiger charge is -2.35. The molecular weight excluding hydrogens is 276 g/mol. The van der Waals surface area contributed by atoms with Gasteiger partial charge in [-0.05, 0) is 35.9 Å². The van der Waals surface area contributed by atoms with Crippen LogP contribution in [0.2, 0.25) is 5.22 Å². The second-order valence-corrected chi connectivity index (χ2v) is 5.09. The summed E-state index contributed by atoms with van der Waals surface area (Å²) in [5.41, 5.74) is 1.20. The molecule has 0 bridgehead atoms. The Labute approximate surface area is 122 Å². The van der Waals surface area contributed by atoms with Crippen molar-refractivity contribution < 1.29 is 9.21 Å². The predicted molar refractivity (Wildman–Crippen MR) is 78.3 cm³/mol. The van der Waals surface area contributed by atoms with Crippen LogP contribution in [0.1, 0.15) is 10.6 Å². The summed E-state index contributed by atoms with van der Waals surface area (Å²) < 4.78 is 5.17. The summed E-state index contributed by atoms with van der Waals surface area (Å²) >= 11 is 5.70. The maximum absolute atomic E-state index is 12.2. The smallest absolute Gasteiger partial charge is 0.289 e. The van der Waals surface area contributed by atoms with E-state index in [1.54, 1.807) is 17.0 Å². The summed E-state index contributed by atoms with van der Waals surface area (Å²) in [5, 5.41) is 0.247. The molecule has 104 valence electrons. The molecule has 2 aromatic rings. The normalized spacial score (nSPS) is 15.4. The second kappa shape index (κ2) is 5.59. The Morgan fingerprint density at radius 1 is 1.00 bits per heavy atom. The number of anilines is 1. The Hall–Kier alpha value is -1.94. The molecule has 5 heteroatoms. The molecule has 4 nitrogen and oxygen atoms in total. The van der Waals surface area contributed by atoms with E-state index in [9.17, 15) is 4.79 Å². The van der Waals surface area contributed by atoms with Gasteiger partial charge in [-0.15, -0.1) is 0 Å². The molecule has 20 heavy (non-hydrogen) atoms. The summed E-state index contributed by atoms with van der Waals surface area (Å²) in [7, 11) is 0. The fraction of sp³-hybridized carbons (Fsp3) is 0.267. The molecule has 0 spiro atoms. The van der Waals surface area contributed by atoms with Crippen LogP contribution < -0.4 is 4.90 Å². The van der Waals surface area contributed by atoms with E-state index in [4.69, 9.17) is 16.0 Å². The van der Waals surface area contributed by atoms with Gasteiger partial charge in [0.1, 0.15) is 0 Å². The highest BCUT2D eigenvalue weighted by Crippen LogP contribution is 2.18. The number of rotatable bonds is 2. The van der Waals surface area contributed by atoms with Gasteiger partial charge in [-0.25, -0.2) is 0 Å². The van der Waals surface area contributed by atoms with Crippen molar-refractivity contribution in [3.05, 3.63) is 53.4 Å². The molecule has 0 unspecified atom stereocenters. The van der Waals surface area contributed by atoms with E-state index in [2.05, 4.69) is 17.0 Å². The van der Waals surface area contributed by atoms with E-state index < -0.39 is 0 Å². The van der Waals surface area contributed by atoms with Gasteiger partial charge in [0.25, 0.3) is 5.91 Å². The SMILES string of the molecule is O=C(c1ccc(Cl)o1)N1CCN(c2ccccc2)CC1. The van der Waals surface area contributed by atoms with Crippen LogP contribution in [0.4, 0.5) is 5.69 Å². The number of carbonyl (C=O) groups is 1. The number of carbonyl (C=O) groups excluding carboxylic acids is 1. The molecule has 1 aliphatic rings. The van der Waals surface area contributed by atoms with Crippen molar-refractivity contribution in [1.29, 1.82) is 0 Å². The van der Waals surface area contributed by atoms with Crippen LogP contribution in [0.5, 0.6) is 0 Å². The molecule has 0 aliphatic carbocycles. The van der Waals surface area contributed by atoms with Crippen molar-refractivity contribution in [2.24, 2.45) is 0 Å². The van der Waals surface area contributed by atoms with E-state index in [1.807, 2.05) is 18.2 Å². The topological polar surface area (TPSA) is 36.7 Å². The first-order valence-electron chi connectivity index (χ1n) is 6.58. The molecular formula is C15H15ClN2O2. The minimum absolute atomic E-state index is 0.0930. The van der Waals surface area contributed by atoms with Gasteiger partial charge in [0.2, 0.25) is 0 Å². The third kappa shape index (κ3) is 2.65. The summed E-state index contributed by atoms with van der Waals surface area (Å²) in [6.07, 6.45) is 0. The maximum Gasteiger partial charge on any atom is 0.289 e. The number of benzene rings is 1. The Morgan fingerprint density at radius 2 is 1.70 bits per heavy atom. The Kier molecular flexibility index (Phi) is 3.65. The molecule has 1 saturated heterocycles. The van der Waals surface area contributed by atoms with Crippen LogP contribution in [-0.2, 0) is 0 Å². The molecule has 1 fully saturated rings. The summed E-state index contributed by atoms with van der Waals surface area (Å²) in [6, 6.07) is 13.4.